The summed E-state index contributed by atoms with van der Waals surface area (Å²) in [5.74, 6) is 0.749. The minimum absolute atomic E-state index is 0.234. The maximum absolute atomic E-state index is 10.4. The predicted octanol–water partition coefficient (Wildman–Crippen LogP) is 4.85. The quantitative estimate of drug-likeness (QED) is 0.538. The zero-order valence-corrected chi connectivity index (χ0v) is 15.5. The highest BCUT2D eigenvalue weighted by molar-refractivity contribution is 5.74. The molecule has 0 aromatic heterocycles. The number of carbonyl (C=O) groups excluding carboxylic acids is 1. The van der Waals surface area contributed by atoms with E-state index in [1.54, 1.807) is 14.2 Å². The minimum atomic E-state index is 0.234. The first-order chi connectivity index (χ1) is 13.2. The third kappa shape index (κ3) is 4.54. The number of benzene rings is 3. The van der Waals surface area contributed by atoms with Crippen molar-refractivity contribution >= 4 is 6.47 Å². The van der Waals surface area contributed by atoms with E-state index >= 15 is 0 Å². The van der Waals surface area contributed by atoms with Crippen LogP contribution < -0.4 is 4.74 Å². The van der Waals surface area contributed by atoms with Crippen LogP contribution in [-0.2, 0) is 27.5 Å². The van der Waals surface area contributed by atoms with Gasteiger partial charge in [0.25, 0.3) is 6.47 Å². The second-order valence-electron chi connectivity index (χ2n) is 6.15. The lowest BCUT2D eigenvalue weighted by Crippen LogP contribution is -1.94. The summed E-state index contributed by atoms with van der Waals surface area (Å²) in [5.41, 5.74) is 6.41. The van der Waals surface area contributed by atoms with Gasteiger partial charge in [0.2, 0.25) is 0 Å². The molecule has 0 aliphatic carbocycles. The Bertz CT molecular complexity index is 883. The Morgan fingerprint density at radius 1 is 0.741 bits per heavy atom. The molecule has 0 saturated carbocycles. The Morgan fingerprint density at radius 3 is 1.93 bits per heavy atom. The van der Waals surface area contributed by atoms with Crippen LogP contribution in [-0.4, -0.2) is 20.7 Å². The molecule has 0 unspecified atom stereocenters. The SMILES string of the molecule is COCc1ccc(-c2ccc(-c3ccc(COC=O)cc3OC)cc2)cc1. The van der Waals surface area contributed by atoms with Crippen LogP contribution in [0.5, 0.6) is 5.75 Å². The fraction of sp³-hybridized carbons (Fsp3) is 0.174. The van der Waals surface area contributed by atoms with Gasteiger partial charge in [-0.05, 0) is 33.9 Å². The van der Waals surface area contributed by atoms with Gasteiger partial charge in [-0.3, -0.25) is 4.79 Å². The number of carbonyl (C=O) groups is 1. The second kappa shape index (κ2) is 9.01. The van der Waals surface area contributed by atoms with Crippen molar-refractivity contribution in [3.8, 4) is 28.0 Å². The summed E-state index contributed by atoms with van der Waals surface area (Å²) in [5, 5.41) is 0. The van der Waals surface area contributed by atoms with Gasteiger partial charge in [-0.1, -0.05) is 60.7 Å². The highest BCUT2D eigenvalue weighted by Gasteiger charge is 2.08. The van der Waals surface area contributed by atoms with Gasteiger partial charge in [0, 0.05) is 12.7 Å². The molecule has 0 bridgehead atoms. The lowest BCUT2D eigenvalue weighted by Gasteiger charge is -2.12. The van der Waals surface area contributed by atoms with Crippen molar-refractivity contribution in [2.75, 3.05) is 14.2 Å². The summed E-state index contributed by atoms with van der Waals surface area (Å²) in [6.45, 7) is 1.30. The molecular weight excluding hydrogens is 340 g/mol. The Balaban J connectivity index is 1.83. The summed E-state index contributed by atoms with van der Waals surface area (Å²) in [7, 11) is 3.34. The maximum Gasteiger partial charge on any atom is 0.293 e. The van der Waals surface area contributed by atoms with Gasteiger partial charge >= 0.3 is 0 Å². The number of hydrogen-bond donors (Lipinski definition) is 0. The van der Waals surface area contributed by atoms with Gasteiger partial charge in [0.15, 0.2) is 0 Å². The largest absolute Gasteiger partial charge is 0.496 e. The van der Waals surface area contributed by atoms with E-state index in [1.165, 1.54) is 0 Å². The van der Waals surface area contributed by atoms with Crippen molar-refractivity contribution in [2.45, 2.75) is 13.2 Å². The van der Waals surface area contributed by atoms with Crippen LogP contribution in [0.3, 0.4) is 0 Å². The highest BCUT2D eigenvalue weighted by atomic mass is 16.5. The van der Waals surface area contributed by atoms with E-state index in [-0.39, 0.29) is 6.61 Å². The average molecular weight is 362 g/mol. The zero-order valence-electron chi connectivity index (χ0n) is 15.5. The van der Waals surface area contributed by atoms with Gasteiger partial charge in [0.1, 0.15) is 12.4 Å². The summed E-state index contributed by atoms with van der Waals surface area (Å²) in [6.07, 6.45) is 0. The van der Waals surface area contributed by atoms with Crippen LogP contribution in [0, 0.1) is 0 Å². The first-order valence-corrected chi connectivity index (χ1v) is 8.66. The summed E-state index contributed by atoms with van der Waals surface area (Å²) in [4.78, 5) is 10.4. The molecule has 0 aliphatic heterocycles. The molecule has 0 atom stereocenters. The van der Waals surface area contributed by atoms with E-state index in [0.717, 1.165) is 39.1 Å². The molecule has 138 valence electrons. The van der Waals surface area contributed by atoms with Crippen LogP contribution in [0.15, 0.2) is 66.7 Å². The van der Waals surface area contributed by atoms with Crippen LogP contribution in [0.4, 0.5) is 0 Å². The number of methoxy groups -OCH3 is 2. The minimum Gasteiger partial charge on any atom is -0.496 e. The van der Waals surface area contributed by atoms with E-state index in [4.69, 9.17) is 14.2 Å². The molecule has 4 heteroatoms. The van der Waals surface area contributed by atoms with E-state index < -0.39 is 0 Å². The first kappa shape index (κ1) is 18.7. The number of ether oxygens (including phenoxy) is 3. The van der Waals surface area contributed by atoms with Gasteiger partial charge in [-0.2, -0.15) is 0 Å². The highest BCUT2D eigenvalue weighted by Crippen LogP contribution is 2.32. The molecule has 0 fully saturated rings. The summed E-state index contributed by atoms with van der Waals surface area (Å²) in [6, 6.07) is 22.5. The lowest BCUT2D eigenvalue weighted by molar-refractivity contribution is -0.129. The van der Waals surface area contributed by atoms with Crippen LogP contribution in [0.1, 0.15) is 11.1 Å². The molecule has 0 spiro atoms. The maximum atomic E-state index is 10.4. The lowest BCUT2D eigenvalue weighted by atomic mass is 9.98. The summed E-state index contributed by atoms with van der Waals surface area (Å²) < 4.78 is 15.5. The third-order valence-corrected chi connectivity index (χ3v) is 4.38. The smallest absolute Gasteiger partial charge is 0.293 e. The molecule has 3 aromatic rings. The van der Waals surface area contributed by atoms with Gasteiger partial charge in [-0.15, -0.1) is 0 Å². The van der Waals surface area contributed by atoms with E-state index in [9.17, 15) is 4.79 Å². The van der Waals surface area contributed by atoms with E-state index in [0.29, 0.717) is 13.1 Å². The Kier molecular flexibility index (Phi) is 6.23. The number of rotatable bonds is 8. The molecule has 0 N–H and O–H groups in total. The molecule has 27 heavy (non-hydrogen) atoms. The predicted molar refractivity (Wildman–Crippen MR) is 105 cm³/mol. The van der Waals surface area contributed by atoms with Gasteiger partial charge in [-0.25, -0.2) is 0 Å². The molecule has 0 aliphatic rings. The Morgan fingerprint density at radius 2 is 1.33 bits per heavy atom. The van der Waals surface area contributed by atoms with Crippen molar-refractivity contribution in [1.82, 2.24) is 0 Å². The normalized spacial score (nSPS) is 10.4. The summed E-state index contributed by atoms with van der Waals surface area (Å²) >= 11 is 0. The Labute approximate surface area is 159 Å². The number of hydrogen-bond acceptors (Lipinski definition) is 4. The Hall–Kier alpha value is -3.11. The van der Waals surface area contributed by atoms with E-state index in [2.05, 4.69) is 48.5 Å². The van der Waals surface area contributed by atoms with Gasteiger partial charge in [0.05, 0.1) is 13.7 Å². The van der Waals surface area contributed by atoms with E-state index in [1.807, 2.05) is 18.2 Å². The second-order valence-corrected chi connectivity index (χ2v) is 6.15. The van der Waals surface area contributed by atoms with Crippen LogP contribution in [0.25, 0.3) is 22.3 Å². The molecule has 0 saturated heterocycles. The first-order valence-electron chi connectivity index (χ1n) is 8.66. The van der Waals surface area contributed by atoms with Crippen molar-refractivity contribution in [2.24, 2.45) is 0 Å². The molecule has 3 aromatic carbocycles. The van der Waals surface area contributed by atoms with Crippen molar-refractivity contribution in [3.63, 3.8) is 0 Å². The standard InChI is InChI=1S/C23H22O4/c1-25-14-17-3-6-19(7-4-17)20-8-10-21(11-9-20)22-12-5-18(15-27-16-24)13-23(22)26-2/h3-13,16H,14-15H2,1-2H3. The molecule has 0 amide bonds. The monoisotopic (exact) mass is 362 g/mol. The molecular formula is C23H22O4. The van der Waals surface area contributed by atoms with Crippen molar-refractivity contribution in [3.05, 3.63) is 77.9 Å². The molecule has 0 heterocycles. The van der Waals surface area contributed by atoms with Crippen LogP contribution >= 0.6 is 0 Å². The van der Waals surface area contributed by atoms with Crippen molar-refractivity contribution in [1.29, 1.82) is 0 Å². The fourth-order valence-electron chi connectivity index (χ4n) is 3.00. The molecule has 4 nitrogen and oxygen atoms in total. The van der Waals surface area contributed by atoms with Crippen molar-refractivity contribution < 1.29 is 19.0 Å². The zero-order chi connectivity index (χ0) is 19.1. The third-order valence-electron chi connectivity index (χ3n) is 4.38. The van der Waals surface area contributed by atoms with Crippen LogP contribution in [0.2, 0.25) is 0 Å². The molecule has 0 radical (unpaired) electrons. The topological polar surface area (TPSA) is 44.8 Å². The van der Waals surface area contributed by atoms with Gasteiger partial charge < -0.3 is 14.2 Å². The average Bonchev–Trinajstić information content (AvgIpc) is 2.73. The fourth-order valence-corrected chi connectivity index (χ4v) is 3.00. The molecule has 3 rings (SSSR count).